The summed E-state index contributed by atoms with van der Waals surface area (Å²) in [5, 5.41) is 8.25. The van der Waals surface area contributed by atoms with Gasteiger partial charge in [-0.1, -0.05) is 13.8 Å². The quantitative estimate of drug-likeness (QED) is 0.355. The van der Waals surface area contributed by atoms with Gasteiger partial charge < -0.3 is 4.79 Å². The molecule has 3 heteroatoms. The molecule has 0 radical (unpaired) electrons. The van der Waals surface area contributed by atoms with Crippen LogP contribution in [0.4, 0.5) is 0 Å². The summed E-state index contributed by atoms with van der Waals surface area (Å²) < 4.78 is 0. The molecule has 0 aromatic carbocycles. The van der Waals surface area contributed by atoms with Crippen molar-refractivity contribution in [1.29, 1.82) is 0 Å². The predicted octanol–water partition coefficient (Wildman–Crippen LogP) is 1.23. The Hall–Kier alpha value is -0.410. The molecule has 0 rings (SSSR count). The van der Waals surface area contributed by atoms with Crippen LogP contribution in [0.1, 0.15) is 26.7 Å². The second-order valence-corrected chi connectivity index (χ2v) is 1.98. The third-order valence-corrected chi connectivity index (χ3v) is 1.59. The lowest BCUT2D eigenvalue weighted by molar-refractivity contribution is -0.308. The highest BCUT2D eigenvalue weighted by Crippen LogP contribution is 2.15. The Morgan fingerprint density at radius 1 is 1.56 bits per heavy atom. The minimum atomic E-state index is -0.958. The summed E-state index contributed by atoms with van der Waals surface area (Å²) in [5.41, 5.74) is -0.958. The van der Waals surface area contributed by atoms with Crippen LogP contribution in [0.2, 0.25) is 0 Å². The van der Waals surface area contributed by atoms with Crippen molar-refractivity contribution in [3.8, 4) is 0 Å². The van der Waals surface area contributed by atoms with Crippen molar-refractivity contribution in [2.75, 3.05) is 0 Å². The Kier molecular flexibility index (Phi) is 3.42. The van der Waals surface area contributed by atoms with Gasteiger partial charge in [-0.15, -0.1) is 0 Å². The number of hydrogen-bond donors (Lipinski definition) is 1. The first kappa shape index (κ1) is 8.59. The molecule has 0 atom stereocenters. The van der Waals surface area contributed by atoms with Crippen LogP contribution in [0.25, 0.3) is 0 Å². The molecule has 0 aliphatic heterocycles. The van der Waals surface area contributed by atoms with Gasteiger partial charge in [-0.25, -0.2) is 4.89 Å². The van der Waals surface area contributed by atoms with Gasteiger partial charge in [0.1, 0.15) is 0 Å². The fourth-order valence-corrected chi connectivity index (χ4v) is 0.567. The van der Waals surface area contributed by atoms with Crippen molar-refractivity contribution in [2.45, 2.75) is 32.3 Å². The van der Waals surface area contributed by atoms with E-state index in [1.165, 1.54) is 0 Å². The minimum absolute atomic E-state index is 0.503. The first-order valence-electron chi connectivity index (χ1n) is 3.03. The number of carbonyl (C=O) groups is 1. The van der Waals surface area contributed by atoms with E-state index in [1.54, 1.807) is 13.8 Å². The molecule has 54 valence electrons. The van der Waals surface area contributed by atoms with Crippen molar-refractivity contribution in [3.05, 3.63) is 0 Å². The summed E-state index contributed by atoms with van der Waals surface area (Å²) in [6.07, 6.45) is 1.64. The molecule has 1 N–H and O–H groups in total. The molecule has 0 amide bonds. The van der Waals surface area contributed by atoms with Crippen LogP contribution >= 0.6 is 0 Å². The van der Waals surface area contributed by atoms with Crippen molar-refractivity contribution in [1.82, 2.24) is 0 Å². The Morgan fingerprint density at radius 2 is 2.00 bits per heavy atom. The van der Waals surface area contributed by atoms with Gasteiger partial charge in [0.05, 0.1) is 0 Å². The number of hydrogen-bond acceptors (Lipinski definition) is 3. The van der Waals surface area contributed by atoms with Crippen molar-refractivity contribution in [2.24, 2.45) is 0 Å². The van der Waals surface area contributed by atoms with E-state index < -0.39 is 5.60 Å². The van der Waals surface area contributed by atoms with Gasteiger partial charge >= 0.3 is 0 Å². The van der Waals surface area contributed by atoms with Gasteiger partial charge in [0.25, 0.3) is 0 Å². The second kappa shape index (κ2) is 3.58. The Balaban J connectivity index is 3.98. The van der Waals surface area contributed by atoms with Crippen LogP contribution in [-0.4, -0.2) is 17.1 Å². The maximum absolute atomic E-state index is 10.2. The van der Waals surface area contributed by atoms with Gasteiger partial charge in [-0.3, -0.25) is 5.26 Å². The maximum atomic E-state index is 10.2. The van der Waals surface area contributed by atoms with Crippen LogP contribution in [0, 0.1) is 0 Å². The molecular formula is C6H12O3. The molecule has 0 unspecified atom stereocenters. The summed E-state index contributed by atoms with van der Waals surface area (Å²) in [5.74, 6) is 0. The molecule has 0 bridgehead atoms. The Bertz CT molecular complexity index is 78.0. The summed E-state index contributed by atoms with van der Waals surface area (Å²) in [6, 6.07) is 0. The van der Waals surface area contributed by atoms with Crippen molar-refractivity contribution < 1.29 is 14.9 Å². The average molecular weight is 132 g/mol. The van der Waals surface area contributed by atoms with Crippen LogP contribution in [0.5, 0.6) is 0 Å². The Labute approximate surface area is 54.6 Å². The van der Waals surface area contributed by atoms with E-state index in [9.17, 15) is 4.79 Å². The molecule has 0 aliphatic carbocycles. The van der Waals surface area contributed by atoms with E-state index in [-0.39, 0.29) is 0 Å². The molecule has 3 nitrogen and oxygen atoms in total. The van der Waals surface area contributed by atoms with Gasteiger partial charge in [-0.2, -0.15) is 0 Å². The van der Waals surface area contributed by atoms with E-state index in [0.29, 0.717) is 19.1 Å². The Morgan fingerprint density at radius 3 is 2.00 bits per heavy atom. The second-order valence-electron chi connectivity index (χ2n) is 1.98. The molecule has 0 spiro atoms. The molecule has 0 fully saturated rings. The van der Waals surface area contributed by atoms with Crippen LogP contribution in [0.3, 0.4) is 0 Å². The lowest BCUT2D eigenvalue weighted by atomic mass is 10.0. The molecule has 0 aromatic rings. The highest BCUT2D eigenvalue weighted by atomic mass is 17.1. The average Bonchev–Trinajstić information content (AvgIpc) is 1.95. The van der Waals surface area contributed by atoms with Gasteiger partial charge in [-0.05, 0) is 12.8 Å². The molecule has 0 saturated heterocycles. The van der Waals surface area contributed by atoms with E-state index in [0.717, 1.165) is 0 Å². The first-order chi connectivity index (χ1) is 4.24. The normalized spacial score (nSPS) is 11.4. The smallest absolute Gasteiger partial charge is 0.157 e. The standard InChI is InChI=1S/C6H12O3/c1-3-6(4-2,5-7)9-8/h5,8H,3-4H2,1-2H3. The predicted molar refractivity (Wildman–Crippen MR) is 33.1 cm³/mol. The zero-order valence-electron chi connectivity index (χ0n) is 5.76. The van der Waals surface area contributed by atoms with Crippen LogP contribution in [-0.2, 0) is 9.68 Å². The summed E-state index contributed by atoms with van der Waals surface area (Å²) in [7, 11) is 0. The van der Waals surface area contributed by atoms with E-state index in [2.05, 4.69) is 4.89 Å². The highest BCUT2D eigenvalue weighted by molar-refractivity contribution is 5.61. The number of rotatable bonds is 4. The first-order valence-corrected chi connectivity index (χ1v) is 3.03. The monoisotopic (exact) mass is 132 g/mol. The fourth-order valence-electron chi connectivity index (χ4n) is 0.567. The summed E-state index contributed by atoms with van der Waals surface area (Å²) in [4.78, 5) is 14.3. The number of carbonyl (C=O) groups excluding carboxylic acids is 1. The third-order valence-electron chi connectivity index (χ3n) is 1.59. The molecular weight excluding hydrogens is 120 g/mol. The topological polar surface area (TPSA) is 46.5 Å². The lowest BCUT2D eigenvalue weighted by Gasteiger charge is -2.19. The third kappa shape index (κ3) is 1.77. The van der Waals surface area contributed by atoms with E-state index in [4.69, 9.17) is 5.26 Å². The van der Waals surface area contributed by atoms with Gasteiger partial charge in [0, 0.05) is 0 Å². The summed E-state index contributed by atoms with van der Waals surface area (Å²) >= 11 is 0. The fraction of sp³-hybridized carbons (Fsp3) is 0.833. The van der Waals surface area contributed by atoms with Crippen molar-refractivity contribution in [3.63, 3.8) is 0 Å². The van der Waals surface area contributed by atoms with E-state index in [1.807, 2.05) is 0 Å². The van der Waals surface area contributed by atoms with Crippen LogP contribution < -0.4 is 0 Å². The lowest BCUT2D eigenvalue weighted by Crippen LogP contribution is -2.31. The zero-order chi connectivity index (χ0) is 7.33. The maximum Gasteiger partial charge on any atom is 0.157 e. The number of aldehydes is 1. The molecule has 0 saturated carbocycles. The zero-order valence-corrected chi connectivity index (χ0v) is 5.76. The van der Waals surface area contributed by atoms with E-state index >= 15 is 0 Å². The summed E-state index contributed by atoms with van der Waals surface area (Å²) in [6.45, 7) is 3.57. The SMILES string of the molecule is CCC(C=O)(CC)OO. The van der Waals surface area contributed by atoms with Gasteiger partial charge in [0.2, 0.25) is 0 Å². The van der Waals surface area contributed by atoms with Crippen LogP contribution in [0.15, 0.2) is 0 Å². The van der Waals surface area contributed by atoms with Crippen molar-refractivity contribution >= 4 is 6.29 Å². The minimum Gasteiger partial charge on any atom is -0.300 e. The van der Waals surface area contributed by atoms with Gasteiger partial charge in [0.15, 0.2) is 11.9 Å². The molecule has 9 heavy (non-hydrogen) atoms. The molecule has 0 aromatic heterocycles. The molecule has 0 aliphatic rings. The highest BCUT2D eigenvalue weighted by Gasteiger charge is 2.26. The molecule has 0 heterocycles. The largest absolute Gasteiger partial charge is 0.300 e.